The zero-order chi connectivity index (χ0) is 11.6. The second-order valence-corrected chi connectivity index (χ2v) is 3.04. The lowest BCUT2D eigenvalue weighted by Crippen LogP contribution is -2.08. The summed E-state index contributed by atoms with van der Waals surface area (Å²) >= 11 is 0. The fourth-order valence-corrected chi connectivity index (χ4v) is 1.10. The van der Waals surface area contributed by atoms with Crippen LogP contribution in [0.3, 0.4) is 0 Å². The van der Waals surface area contributed by atoms with Gasteiger partial charge in [0.25, 0.3) is 0 Å². The van der Waals surface area contributed by atoms with Crippen molar-refractivity contribution in [2.75, 3.05) is 0 Å². The third kappa shape index (κ3) is 2.46. The summed E-state index contributed by atoms with van der Waals surface area (Å²) in [5.74, 6) is -1.34. The summed E-state index contributed by atoms with van der Waals surface area (Å²) in [6.45, 7) is 8.17. The molecule has 0 heterocycles. The molecule has 0 saturated heterocycles. The lowest BCUT2D eigenvalue weighted by atomic mass is 10.1. The Morgan fingerprint density at radius 1 is 1.33 bits per heavy atom. The molecule has 1 nitrogen and oxygen atoms in total. The van der Waals surface area contributed by atoms with Crippen LogP contribution in [-0.2, 0) is 6.18 Å². The second kappa shape index (κ2) is 3.89. The molecule has 0 saturated carbocycles. The number of hydrogen-bond donors (Lipinski definition) is 0. The first-order valence-electron chi connectivity index (χ1n) is 4.09. The van der Waals surface area contributed by atoms with Crippen molar-refractivity contribution < 1.29 is 17.6 Å². The summed E-state index contributed by atoms with van der Waals surface area (Å²) in [5.41, 5.74) is -1.06. The highest BCUT2D eigenvalue weighted by Gasteiger charge is 2.34. The van der Waals surface area contributed by atoms with E-state index in [2.05, 4.69) is 4.85 Å². The van der Waals surface area contributed by atoms with E-state index >= 15 is 0 Å². The van der Waals surface area contributed by atoms with Gasteiger partial charge in [-0.1, -0.05) is 6.07 Å². The molecule has 1 rings (SSSR count). The average molecular weight is 217 g/mol. The van der Waals surface area contributed by atoms with Gasteiger partial charge in [0.2, 0.25) is 6.04 Å². The molecule has 1 unspecified atom stereocenters. The number of hydrogen-bond acceptors (Lipinski definition) is 0. The van der Waals surface area contributed by atoms with Gasteiger partial charge in [-0.15, -0.1) is 0 Å². The maximum atomic E-state index is 13.0. The SMILES string of the molecule is [C-]#[N+]C(C)c1ccc(C(F)(F)F)c(F)c1. The quantitative estimate of drug-likeness (QED) is 0.497. The number of halogens is 4. The van der Waals surface area contributed by atoms with Gasteiger partial charge in [0.1, 0.15) is 5.82 Å². The number of benzene rings is 1. The molecular weight excluding hydrogens is 210 g/mol. The van der Waals surface area contributed by atoms with Crippen LogP contribution in [-0.4, -0.2) is 0 Å². The molecule has 0 N–H and O–H groups in total. The second-order valence-electron chi connectivity index (χ2n) is 3.04. The van der Waals surface area contributed by atoms with Crippen molar-refractivity contribution in [3.05, 3.63) is 46.6 Å². The summed E-state index contributed by atoms with van der Waals surface area (Å²) in [6.07, 6.45) is -4.69. The minimum Gasteiger partial charge on any atom is -0.309 e. The van der Waals surface area contributed by atoms with Gasteiger partial charge in [-0.3, -0.25) is 0 Å². The molecule has 0 amide bonds. The third-order valence-electron chi connectivity index (χ3n) is 1.97. The van der Waals surface area contributed by atoms with E-state index in [1.165, 1.54) is 6.92 Å². The van der Waals surface area contributed by atoms with Gasteiger partial charge in [-0.25, -0.2) is 11.0 Å². The molecule has 1 aromatic carbocycles. The highest BCUT2D eigenvalue weighted by Crippen LogP contribution is 2.32. The van der Waals surface area contributed by atoms with E-state index in [0.29, 0.717) is 6.07 Å². The first kappa shape index (κ1) is 11.5. The predicted molar refractivity (Wildman–Crippen MR) is 46.4 cm³/mol. The predicted octanol–water partition coefficient (Wildman–Crippen LogP) is 3.82. The van der Waals surface area contributed by atoms with Gasteiger partial charge in [0, 0.05) is 12.5 Å². The molecule has 5 heteroatoms. The minimum absolute atomic E-state index is 0.246. The standard InChI is InChI=1S/C10H7F4N/c1-6(15-2)7-3-4-8(9(11)5-7)10(12,13)14/h3-6H,1H3. The Kier molecular flexibility index (Phi) is 2.98. The van der Waals surface area contributed by atoms with Crippen molar-refractivity contribution in [3.8, 4) is 0 Å². The minimum atomic E-state index is -4.69. The van der Waals surface area contributed by atoms with E-state index < -0.39 is 23.6 Å². The Morgan fingerprint density at radius 3 is 2.33 bits per heavy atom. The number of alkyl halides is 3. The van der Waals surface area contributed by atoms with Gasteiger partial charge in [-0.05, 0) is 12.1 Å². The summed E-state index contributed by atoms with van der Waals surface area (Å²) in [4.78, 5) is 3.09. The molecule has 1 atom stereocenters. The van der Waals surface area contributed by atoms with Gasteiger partial charge < -0.3 is 4.85 Å². The first-order valence-corrected chi connectivity index (χ1v) is 4.09. The molecule has 0 bridgehead atoms. The molecule has 80 valence electrons. The highest BCUT2D eigenvalue weighted by atomic mass is 19.4. The van der Waals surface area contributed by atoms with Crippen LogP contribution in [0.5, 0.6) is 0 Å². The molecule has 0 aliphatic rings. The molecule has 0 fully saturated rings. The molecule has 0 aromatic heterocycles. The topological polar surface area (TPSA) is 4.36 Å². The van der Waals surface area contributed by atoms with Crippen LogP contribution in [0.4, 0.5) is 17.6 Å². The Bertz CT molecular complexity index is 403. The average Bonchev–Trinajstić information content (AvgIpc) is 2.14. The van der Waals surface area contributed by atoms with Crippen LogP contribution >= 0.6 is 0 Å². The Balaban J connectivity index is 3.16. The lowest BCUT2D eigenvalue weighted by molar-refractivity contribution is -0.140. The van der Waals surface area contributed by atoms with Gasteiger partial charge in [-0.2, -0.15) is 13.2 Å². The van der Waals surface area contributed by atoms with Gasteiger partial charge in [0.15, 0.2) is 0 Å². The molecule has 0 aliphatic carbocycles. The number of nitrogens with zero attached hydrogens (tertiary/aromatic N) is 1. The molecule has 0 radical (unpaired) electrons. The Morgan fingerprint density at radius 2 is 1.93 bits per heavy atom. The Labute approximate surface area is 84.2 Å². The summed E-state index contributed by atoms with van der Waals surface area (Å²) in [6, 6.07) is 1.90. The smallest absolute Gasteiger partial charge is 0.309 e. The van der Waals surface area contributed by atoms with Crippen LogP contribution in [0.25, 0.3) is 4.85 Å². The molecular formula is C10H7F4N. The number of rotatable bonds is 1. The fourth-order valence-electron chi connectivity index (χ4n) is 1.10. The van der Waals surface area contributed by atoms with E-state index in [1.54, 1.807) is 0 Å². The van der Waals surface area contributed by atoms with Crippen LogP contribution in [0.15, 0.2) is 18.2 Å². The maximum absolute atomic E-state index is 13.0. The van der Waals surface area contributed by atoms with Crippen molar-refractivity contribution in [3.63, 3.8) is 0 Å². The maximum Gasteiger partial charge on any atom is 0.419 e. The molecule has 15 heavy (non-hydrogen) atoms. The molecule has 1 aromatic rings. The highest BCUT2D eigenvalue weighted by molar-refractivity contribution is 5.29. The summed E-state index contributed by atoms with van der Waals surface area (Å²) in [5, 5.41) is 0. The van der Waals surface area contributed by atoms with E-state index in [9.17, 15) is 17.6 Å². The van der Waals surface area contributed by atoms with E-state index in [-0.39, 0.29) is 5.56 Å². The largest absolute Gasteiger partial charge is 0.419 e. The fraction of sp³-hybridized carbons (Fsp3) is 0.300. The van der Waals surface area contributed by atoms with Crippen LogP contribution < -0.4 is 0 Å². The van der Waals surface area contributed by atoms with E-state index in [0.717, 1.165) is 12.1 Å². The Hall–Kier alpha value is -1.57. The van der Waals surface area contributed by atoms with Crippen LogP contribution in [0.1, 0.15) is 24.1 Å². The van der Waals surface area contributed by atoms with Crippen molar-refractivity contribution in [1.82, 2.24) is 0 Å². The normalized spacial score (nSPS) is 13.3. The van der Waals surface area contributed by atoms with Crippen molar-refractivity contribution >= 4 is 0 Å². The van der Waals surface area contributed by atoms with Crippen molar-refractivity contribution in [1.29, 1.82) is 0 Å². The van der Waals surface area contributed by atoms with Crippen molar-refractivity contribution in [2.45, 2.75) is 19.1 Å². The first-order chi connectivity index (χ1) is 6.86. The third-order valence-corrected chi connectivity index (χ3v) is 1.97. The van der Waals surface area contributed by atoms with Gasteiger partial charge in [0.05, 0.1) is 5.56 Å². The summed E-state index contributed by atoms with van der Waals surface area (Å²) in [7, 11) is 0. The van der Waals surface area contributed by atoms with Crippen LogP contribution in [0, 0.1) is 12.4 Å². The van der Waals surface area contributed by atoms with E-state index in [4.69, 9.17) is 6.57 Å². The van der Waals surface area contributed by atoms with E-state index in [1.807, 2.05) is 0 Å². The lowest BCUT2D eigenvalue weighted by Gasteiger charge is -2.08. The zero-order valence-electron chi connectivity index (χ0n) is 7.77. The molecule has 0 spiro atoms. The summed E-state index contributed by atoms with van der Waals surface area (Å²) < 4.78 is 49.5. The zero-order valence-corrected chi connectivity index (χ0v) is 7.77. The van der Waals surface area contributed by atoms with Crippen molar-refractivity contribution in [2.24, 2.45) is 0 Å². The van der Waals surface area contributed by atoms with Gasteiger partial charge >= 0.3 is 6.18 Å². The van der Waals surface area contributed by atoms with Crippen LogP contribution in [0.2, 0.25) is 0 Å². The molecule has 0 aliphatic heterocycles. The monoisotopic (exact) mass is 217 g/mol.